The van der Waals surface area contributed by atoms with Crippen LogP contribution in [0.3, 0.4) is 0 Å². The van der Waals surface area contributed by atoms with Crippen molar-refractivity contribution in [1.82, 2.24) is 19.5 Å². The van der Waals surface area contributed by atoms with Gasteiger partial charge in [0.05, 0.1) is 5.52 Å². The summed E-state index contributed by atoms with van der Waals surface area (Å²) < 4.78 is 2.87. The first kappa shape index (κ1) is 15.9. The quantitative estimate of drug-likeness (QED) is 0.797. The molecule has 0 unspecified atom stereocenters. The zero-order valence-corrected chi connectivity index (χ0v) is 14.6. The average molecular weight is 338 g/mol. The van der Waals surface area contributed by atoms with Crippen molar-refractivity contribution < 1.29 is 4.79 Å². The van der Waals surface area contributed by atoms with Gasteiger partial charge in [-0.2, -0.15) is 0 Å². The van der Waals surface area contributed by atoms with Crippen molar-refractivity contribution in [3.63, 3.8) is 0 Å². The van der Waals surface area contributed by atoms with E-state index >= 15 is 0 Å². The van der Waals surface area contributed by atoms with E-state index in [1.807, 2.05) is 32.0 Å². The van der Waals surface area contributed by atoms with Gasteiger partial charge in [0, 0.05) is 6.04 Å². The van der Waals surface area contributed by atoms with Crippen LogP contribution in [0.15, 0.2) is 29.1 Å². The summed E-state index contributed by atoms with van der Waals surface area (Å²) in [6, 6.07) is 8.24. The second-order valence-corrected chi connectivity index (χ2v) is 7.04. The van der Waals surface area contributed by atoms with Crippen molar-refractivity contribution in [1.29, 1.82) is 0 Å². The molecule has 1 saturated carbocycles. The molecule has 0 atom stereocenters. The van der Waals surface area contributed by atoms with Gasteiger partial charge in [0.25, 0.3) is 0 Å². The van der Waals surface area contributed by atoms with Gasteiger partial charge in [0.1, 0.15) is 6.54 Å². The van der Waals surface area contributed by atoms with Crippen LogP contribution in [-0.2, 0) is 11.3 Å². The molecule has 4 rings (SSSR count). The number of aromatic nitrogens is 3. The van der Waals surface area contributed by atoms with Gasteiger partial charge in [-0.15, -0.1) is 5.10 Å². The Morgan fingerprint density at radius 1 is 1.24 bits per heavy atom. The van der Waals surface area contributed by atoms with E-state index in [4.69, 9.17) is 0 Å². The van der Waals surface area contributed by atoms with E-state index in [2.05, 4.69) is 16.5 Å². The fourth-order valence-electron chi connectivity index (χ4n) is 3.75. The van der Waals surface area contributed by atoms with Gasteiger partial charge in [-0.25, -0.2) is 13.9 Å². The van der Waals surface area contributed by atoms with Crippen molar-refractivity contribution in [2.45, 2.75) is 52.1 Å². The van der Waals surface area contributed by atoms with Gasteiger partial charge < -0.3 is 5.32 Å². The fourth-order valence-corrected chi connectivity index (χ4v) is 3.75. The van der Waals surface area contributed by atoms with Gasteiger partial charge in [0.2, 0.25) is 5.91 Å². The number of carbonyl (C=O) groups excluding carboxylic acids is 1. The van der Waals surface area contributed by atoms with E-state index in [0.717, 1.165) is 47.7 Å². The van der Waals surface area contributed by atoms with Crippen molar-refractivity contribution in [3.05, 3.63) is 45.9 Å². The van der Waals surface area contributed by atoms with Crippen LogP contribution in [0.5, 0.6) is 0 Å². The fraction of sp³-hybridized carbons (Fsp3) is 0.421. The maximum atomic E-state index is 12.8. The lowest BCUT2D eigenvalue weighted by Crippen LogP contribution is -2.37. The van der Waals surface area contributed by atoms with Gasteiger partial charge in [-0.05, 0) is 55.8 Å². The summed E-state index contributed by atoms with van der Waals surface area (Å²) in [6.45, 7) is 3.93. The minimum absolute atomic E-state index is 0.0379. The Kier molecular flexibility index (Phi) is 3.82. The molecule has 6 heteroatoms. The highest BCUT2D eigenvalue weighted by molar-refractivity contribution is 5.84. The Labute approximate surface area is 145 Å². The van der Waals surface area contributed by atoms with Crippen LogP contribution >= 0.6 is 0 Å². The number of amides is 1. The maximum Gasteiger partial charge on any atom is 0.351 e. The smallest absolute Gasteiger partial charge is 0.351 e. The number of fused-ring (bicyclic) bond motifs is 3. The summed E-state index contributed by atoms with van der Waals surface area (Å²) in [5.41, 5.74) is 3.22. The third kappa shape index (κ3) is 2.81. The van der Waals surface area contributed by atoms with Crippen LogP contribution in [0.2, 0.25) is 0 Å². The number of benzene rings is 1. The number of pyridine rings is 1. The van der Waals surface area contributed by atoms with Crippen LogP contribution < -0.4 is 11.0 Å². The molecule has 2 heterocycles. The van der Waals surface area contributed by atoms with Gasteiger partial charge in [0.15, 0.2) is 5.65 Å². The van der Waals surface area contributed by atoms with Crippen LogP contribution in [0.25, 0.3) is 16.6 Å². The monoisotopic (exact) mass is 338 g/mol. The molecule has 1 aliphatic carbocycles. The summed E-state index contributed by atoms with van der Waals surface area (Å²) >= 11 is 0. The first-order valence-electron chi connectivity index (χ1n) is 8.82. The summed E-state index contributed by atoms with van der Waals surface area (Å²) in [4.78, 5) is 25.1. The maximum absolute atomic E-state index is 12.8. The van der Waals surface area contributed by atoms with E-state index in [9.17, 15) is 9.59 Å². The average Bonchev–Trinajstić information content (AvgIpc) is 3.17. The van der Waals surface area contributed by atoms with E-state index in [1.54, 1.807) is 4.40 Å². The molecule has 25 heavy (non-hydrogen) atoms. The summed E-state index contributed by atoms with van der Waals surface area (Å²) in [6.07, 6.45) is 4.36. The lowest BCUT2D eigenvalue weighted by molar-refractivity contribution is -0.122. The van der Waals surface area contributed by atoms with E-state index in [-0.39, 0.29) is 24.2 Å². The SMILES string of the molecule is Cc1ccc2c(c1)cc(C)c1nn(CC(=O)NC3CCCC3)c(=O)n12. The lowest BCUT2D eigenvalue weighted by Gasteiger charge is -2.11. The number of nitrogens with one attached hydrogen (secondary N) is 1. The molecule has 0 saturated heterocycles. The molecule has 0 aliphatic heterocycles. The molecule has 1 fully saturated rings. The number of nitrogens with zero attached hydrogens (tertiary/aromatic N) is 3. The van der Waals surface area contributed by atoms with Crippen LogP contribution in [0.1, 0.15) is 36.8 Å². The zero-order valence-electron chi connectivity index (χ0n) is 14.6. The van der Waals surface area contributed by atoms with Crippen LogP contribution in [0, 0.1) is 13.8 Å². The Balaban J connectivity index is 1.74. The van der Waals surface area contributed by atoms with E-state index < -0.39 is 0 Å². The molecular weight excluding hydrogens is 316 g/mol. The molecular formula is C19H22N4O2. The summed E-state index contributed by atoms with van der Waals surface area (Å²) in [5.74, 6) is -0.143. The number of hydrogen-bond donors (Lipinski definition) is 1. The second-order valence-electron chi connectivity index (χ2n) is 7.04. The first-order valence-corrected chi connectivity index (χ1v) is 8.82. The zero-order chi connectivity index (χ0) is 17.6. The number of rotatable bonds is 3. The standard InChI is InChI=1S/C19H22N4O2/c1-12-7-8-16-14(9-12)10-13(2)18-21-22(19(25)23(16)18)11-17(24)20-15-5-3-4-6-15/h7-10,15H,3-6,11H2,1-2H3,(H,20,24). The summed E-state index contributed by atoms with van der Waals surface area (Å²) in [5, 5.41) is 8.42. The molecule has 2 aromatic heterocycles. The van der Waals surface area contributed by atoms with E-state index in [0.29, 0.717) is 5.65 Å². The predicted octanol–water partition coefficient (Wildman–Crippen LogP) is 2.32. The first-order chi connectivity index (χ1) is 12.0. The number of aryl methyl sites for hydroxylation is 2. The summed E-state index contributed by atoms with van der Waals surface area (Å²) in [7, 11) is 0. The topological polar surface area (TPSA) is 68.4 Å². The van der Waals surface area contributed by atoms with Crippen molar-refractivity contribution in [2.24, 2.45) is 0 Å². The molecule has 0 spiro atoms. The molecule has 3 aromatic rings. The Bertz CT molecular complexity index is 1030. The second kappa shape index (κ2) is 6.02. The minimum atomic E-state index is -0.269. The molecule has 1 aliphatic rings. The third-order valence-electron chi connectivity index (χ3n) is 5.00. The molecule has 0 bridgehead atoms. The highest BCUT2D eigenvalue weighted by atomic mass is 16.2. The molecule has 130 valence electrons. The number of hydrogen-bond acceptors (Lipinski definition) is 3. The van der Waals surface area contributed by atoms with Gasteiger partial charge in [-0.3, -0.25) is 4.79 Å². The van der Waals surface area contributed by atoms with Crippen LogP contribution in [0.4, 0.5) is 0 Å². The van der Waals surface area contributed by atoms with E-state index in [1.165, 1.54) is 4.68 Å². The third-order valence-corrected chi connectivity index (χ3v) is 5.00. The van der Waals surface area contributed by atoms with Gasteiger partial charge >= 0.3 is 5.69 Å². The van der Waals surface area contributed by atoms with Gasteiger partial charge in [-0.1, -0.05) is 24.5 Å². The molecule has 1 aromatic carbocycles. The highest BCUT2D eigenvalue weighted by Gasteiger charge is 2.19. The van der Waals surface area contributed by atoms with Crippen molar-refractivity contribution >= 4 is 22.5 Å². The Hall–Kier alpha value is -2.63. The molecule has 1 N–H and O–H groups in total. The largest absolute Gasteiger partial charge is 0.352 e. The van der Waals surface area contributed by atoms with Crippen molar-refractivity contribution in [3.8, 4) is 0 Å². The Morgan fingerprint density at radius 2 is 2.00 bits per heavy atom. The Morgan fingerprint density at radius 3 is 2.76 bits per heavy atom. The molecule has 0 radical (unpaired) electrons. The van der Waals surface area contributed by atoms with Crippen LogP contribution in [-0.4, -0.2) is 26.1 Å². The highest BCUT2D eigenvalue weighted by Crippen LogP contribution is 2.20. The predicted molar refractivity (Wildman–Crippen MR) is 96.8 cm³/mol. The minimum Gasteiger partial charge on any atom is -0.352 e. The normalized spacial score (nSPS) is 15.3. The molecule has 6 nitrogen and oxygen atoms in total. The molecule has 1 amide bonds. The number of carbonyl (C=O) groups is 1. The van der Waals surface area contributed by atoms with Crippen molar-refractivity contribution in [2.75, 3.05) is 0 Å². The lowest BCUT2D eigenvalue weighted by atomic mass is 10.1.